The number of furan rings is 1. The van der Waals surface area contributed by atoms with Gasteiger partial charge in [0.05, 0.1) is 21.9 Å². The Labute approximate surface area is 129 Å². The van der Waals surface area contributed by atoms with E-state index in [9.17, 15) is 8.42 Å². The van der Waals surface area contributed by atoms with Gasteiger partial charge in [0.15, 0.2) is 0 Å². The van der Waals surface area contributed by atoms with E-state index < -0.39 is 10.0 Å². The molecule has 1 heterocycles. The Morgan fingerprint density at radius 3 is 2.52 bits per heavy atom. The van der Waals surface area contributed by atoms with Gasteiger partial charge in [-0.2, -0.15) is 4.31 Å². The van der Waals surface area contributed by atoms with E-state index in [2.05, 4.69) is 0 Å². The van der Waals surface area contributed by atoms with Crippen molar-refractivity contribution >= 4 is 27.3 Å². The zero-order valence-corrected chi connectivity index (χ0v) is 13.6. The number of nitrogen functional groups attached to an aromatic ring is 1. The van der Waals surface area contributed by atoms with Crippen LogP contribution in [0.5, 0.6) is 0 Å². The zero-order valence-electron chi connectivity index (χ0n) is 12.1. The summed E-state index contributed by atoms with van der Waals surface area (Å²) in [6.07, 6.45) is 1.54. The number of anilines is 1. The summed E-state index contributed by atoms with van der Waals surface area (Å²) in [6.45, 7) is 3.74. The third-order valence-electron chi connectivity index (χ3n) is 3.32. The molecule has 0 aliphatic rings. The van der Waals surface area contributed by atoms with E-state index >= 15 is 0 Å². The maximum Gasteiger partial charge on any atom is 0.243 e. The van der Waals surface area contributed by atoms with Gasteiger partial charge in [0.25, 0.3) is 0 Å². The molecule has 21 heavy (non-hydrogen) atoms. The molecule has 0 fully saturated rings. The maximum atomic E-state index is 12.6. The smallest absolute Gasteiger partial charge is 0.243 e. The summed E-state index contributed by atoms with van der Waals surface area (Å²) in [5, 5.41) is 0.377. The summed E-state index contributed by atoms with van der Waals surface area (Å²) in [7, 11) is -2.12. The standard InChI is InChI=1S/C14H17ClN2O3S/c1-9-6-12(7-13(16)14(9)15)21(18,19)17(3)8-11-4-5-20-10(11)2/h4-7H,8,16H2,1-3H3. The van der Waals surface area contributed by atoms with Crippen molar-refractivity contribution in [2.75, 3.05) is 12.8 Å². The van der Waals surface area contributed by atoms with E-state index in [-0.39, 0.29) is 17.1 Å². The monoisotopic (exact) mass is 328 g/mol. The molecule has 0 aliphatic carbocycles. The number of aryl methyl sites for hydroxylation is 2. The molecule has 0 bridgehead atoms. The first-order chi connectivity index (χ1) is 9.73. The fraction of sp³-hybridized carbons (Fsp3) is 0.286. The van der Waals surface area contributed by atoms with Crippen molar-refractivity contribution < 1.29 is 12.8 Å². The molecule has 5 nitrogen and oxygen atoms in total. The lowest BCUT2D eigenvalue weighted by molar-refractivity contribution is 0.459. The van der Waals surface area contributed by atoms with Gasteiger partial charge in [-0.25, -0.2) is 8.42 Å². The number of hydrogen-bond acceptors (Lipinski definition) is 4. The van der Waals surface area contributed by atoms with Gasteiger partial charge in [-0.3, -0.25) is 0 Å². The van der Waals surface area contributed by atoms with Gasteiger partial charge in [0.2, 0.25) is 10.0 Å². The second-order valence-corrected chi connectivity index (χ2v) is 7.33. The Bertz CT molecular complexity index is 745. The summed E-state index contributed by atoms with van der Waals surface area (Å²) in [5.41, 5.74) is 7.45. The van der Waals surface area contributed by atoms with E-state index in [0.29, 0.717) is 16.3 Å². The molecule has 2 N–H and O–H groups in total. The van der Waals surface area contributed by atoms with Crippen LogP contribution in [0.3, 0.4) is 0 Å². The highest BCUT2D eigenvalue weighted by atomic mass is 35.5. The number of nitrogens with two attached hydrogens (primary N) is 1. The Hall–Kier alpha value is -1.50. The Balaban J connectivity index is 2.35. The van der Waals surface area contributed by atoms with Gasteiger partial charge in [-0.1, -0.05) is 11.6 Å². The normalized spacial score (nSPS) is 12.0. The van der Waals surface area contributed by atoms with E-state index in [1.54, 1.807) is 19.9 Å². The van der Waals surface area contributed by atoms with Crippen LogP contribution in [0, 0.1) is 13.8 Å². The summed E-state index contributed by atoms with van der Waals surface area (Å²) < 4.78 is 31.6. The lowest BCUT2D eigenvalue weighted by atomic mass is 10.2. The summed E-state index contributed by atoms with van der Waals surface area (Å²) in [5.74, 6) is 0.698. The summed E-state index contributed by atoms with van der Waals surface area (Å²) in [4.78, 5) is 0.130. The number of halogens is 1. The van der Waals surface area contributed by atoms with Gasteiger partial charge < -0.3 is 10.2 Å². The minimum Gasteiger partial charge on any atom is -0.469 e. The molecule has 0 aliphatic heterocycles. The highest BCUT2D eigenvalue weighted by Crippen LogP contribution is 2.28. The van der Waals surface area contributed by atoms with Crippen molar-refractivity contribution in [1.82, 2.24) is 4.31 Å². The van der Waals surface area contributed by atoms with Gasteiger partial charge in [-0.15, -0.1) is 0 Å². The number of nitrogens with zero attached hydrogens (tertiary/aromatic N) is 1. The summed E-state index contributed by atoms with van der Waals surface area (Å²) in [6, 6.07) is 4.65. The van der Waals surface area contributed by atoms with Crippen molar-refractivity contribution in [3.05, 3.63) is 46.4 Å². The van der Waals surface area contributed by atoms with Crippen LogP contribution < -0.4 is 5.73 Å². The van der Waals surface area contributed by atoms with E-state index in [0.717, 1.165) is 5.56 Å². The van der Waals surface area contributed by atoms with E-state index in [1.807, 2.05) is 0 Å². The van der Waals surface area contributed by atoms with Crippen molar-refractivity contribution in [2.45, 2.75) is 25.3 Å². The predicted molar refractivity (Wildman–Crippen MR) is 82.7 cm³/mol. The minimum atomic E-state index is -3.64. The molecular weight excluding hydrogens is 312 g/mol. The molecule has 1 aromatic heterocycles. The van der Waals surface area contributed by atoms with Crippen LogP contribution in [0.2, 0.25) is 5.02 Å². The second kappa shape index (κ2) is 5.71. The Morgan fingerprint density at radius 1 is 1.33 bits per heavy atom. The van der Waals surface area contributed by atoms with Crippen molar-refractivity contribution in [2.24, 2.45) is 0 Å². The van der Waals surface area contributed by atoms with E-state index in [1.165, 1.54) is 29.7 Å². The predicted octanol–water partition coefficient (Wildman–Crippen LogP) is 2.95. The fourth-order valence-corrected chi connectivity index (χ4v) is 3.37. The highest BCUT2D eigenvalue weighted by molar-refractivity contribution is 7.89. The van der Waals surface area contributed by atoms with Crippen LogP contribution in [0.1, 0.15) is 16.9 Å². The summed E-state index contributed by atoms with van der Waals surface area (Å²) >= 11 is 5.97. The number of benzene rings is 1. The van der Waals surface area contributed by atoms with Gasteiger partial charge in [0.1, 0.15) is 5.76 Å². The fourth-order valence-electron chi connectivity index (χ4n) is 1.99. The molecule has 0 radical (unpaired) electrons. The molecular formula is C14H17ClN2O3S. The Morgan fingerprint density at radius 2 is 2.00 bits per heavy atom. The third-order valence-corrected chi connectivity index (χ3v) is 5.62. The molecule has 1 aromatic carbocycles. The molecule has 7 heteroatoms. The number of rotatable bonds is 4. The van der Waals surface area contributed by atoms with Crippen molar-refractivity contribution in [3.63, 3.8) is 0 Å². The average molecular weight is 329 g/mol. The lowest BCUT2D eigenvalue weighted by Crippen LogP contribution is -2.26. The second-order valence-electron chi connectivity index (χ2n) is 4.91. The van der Waals surface area contributed by atoms with Gasteiger partial charge in [0, 0.05) is 19.2 Å². The average Bonchev–Trinajstić information content (AvgIpc) is 2.80. The molecule has 0 unspecified atom stereocenters. The minimum absolute atomic E-state index is 0.130. The molecule has 0 saturated carbocycles. The first-order valence-corrected chi connectivity index (χ1v) is 8.10. The van der Waals surface area contributed by atoms with Crippen molar-refractivity contribution in [1.29, 1.82) is 0 Å². The maximum absolute atomic E-state index is 12.6. The van der Waals surface area contributed by atoms with E-state index in [4.69, 9.17) is 21.8 Å². The lowest BCUT2D eigenvalue weighted by Gasteiger charge is -2.18. The van der Waals surface area contributed by atoms with Gasteiger partial charge >= 0.3 is 0 Å². The molecule has 0 amide bonds. The molecule has 0 saturated heterocycles. The van der Waals surface area contributed by atoms with Gasteiger partial charge in [-0.05, 0) is 37.6 Å². The molecule has 0 atom stereocenters. The largest absolute Gasteiger partial charge is 0.469 e. The SMILES string of the molecule is Cc1cc(S(=O)(=O)N(C)Cc2ccoc2C)cc(N)c1Cl. The zero-order chi connectivity index (χ0) is 15.8. The van der Waals surface area contributed by atoms with Crippen LogP contribution in [-0.4, -0.2) is 19.8 Å². The number of hydrogen-bond donors (Lipinski definition) is 1. The van der Waals surface area contributed by atoms with Crippen LogP contribution in [0.4, 0.5) is 5.69 Å². The van der Waals surface area contributed by atoms with Crippen LogP contribution >= 0.6 is 11.6 Å². The van der Waals surface area contributed by atoms with Crippen molar-refractivity contribution in [3.8, 4) is 0 Å². The molecule has 2 rings (SSSR count). The molecule has 0 spiro atoms. The van der Waals surface area contributed by atoms with Crippen LogP contribution in [-0.2, 0) is 16.6 Å². The number of sulfonamides is 1. The highest BCUT2D eigenvalue weighted by Gasteiger charge is 2.23. The first kappa shape index (κ1) is 15.9. The van der Waals surface area contributed by atoms with Crippen LogP contribution in [0.15, 0.2) is 33.8 Å². The topological polar surface area (TPSA) is 76.5 Å². The quantitative estimate of drug-likeness (QED) is 0.875. The first-order valence-electron chi connectivity index (χ1n) is 6.28. The third kappa shape index (κ3) is 3.07. The molecule has 2 aromatic rings. The molecule has 114 valence electrons. The van der Waals surface area contributed by atoms with Crippen LogP contribution in [0.25, 0.3) is 0 Å². The Kier molecular flexibility index (Phi) is 4.32.